The molecule has 0 spiro atoms. The van der Waals surface area contributed by atoms with Crippen molar-refractivity contribution in [1.82, 2.24) is 15.4 Å². The molecule has 1 rings (SSSR count). The number of nitrogens with one attached hydrogen (secondary N) is 1. The fourth-order valence-corrected chi connectivity index (χ4v) is 1.02. The summed E-state index contributed by atoms with van der Waals surface area (Å²) in [5, 5.41) is 18.9. The van der Waals surface area contributed by atoms with E-state index in [9.17, 15) is 0 Å². The third-order valence-corrected chi connectivity index (χ3v) is 1.60. The van der Waals surface area contributed by atoms with Crippen LogP contribution in [0.4, 0.5) is 0 Å². The Morgan fingerprint density at radius 3 is 2.62 bits per heavy atom. The van der Waals surface area contributed by atoms with Crippen LogP contribution in [0, 0.1) is 11.3 Å². The Kier molecular flexibility index (Phi) is 2.47. The fourth-order valence-electron chi connectivity index (χ4n) is 1.02. The van der Waals surface area contributed by atoms with E-state index >= 15 is 0 Å². The van der Waals surface area contributed by atoms with Crippen LogP contribution >= 0.6 is 0 Å². The molecule has 0 aliphatic heterocycles. The van der Waals surface area contributed by atoms with Crippen molar-refractivity contribution >= 4 is 6.08 Å². The van der Waals surface area contributed by atoms with Crippen molar-refractivity contribution in [3.63, 3.8) is 0 Å². The number of hydrogen-bond acceptors (Lipinski definition) is 3. The summed E-state index contributed by atoms with van der Waals surface area (Å²) in [5.41, 5.74) is 1.55. The predicted octanol–water partition coefficient (Wildman–Crippen LogP) is 1.64. The van der Waals surface area contributed by atoms with Gasteiger partial charge in [0.05, 0.1) is 11.8 Å². The van der Waals surface area contributed by atoms with Gasteiger partial charge in [-0.15, -0.1) is 0 Å². The molecule has 13 heavy (non-hydrogen) atoms. The molecular formula is C9H12N4. The van der Waals surface area contributed by atoms with Crippen molar-refractivity contribution in [2.75, 3.05) is 0 Å². The molecule has 0 unspecified atom stereocenters. The summed E-state index contributed by atoms with van der Waals surface area (Å²) < 4.78 is 0. The second-order valence-electron chi connectivity index (χ2n) is 3.77. The molecular weight excluding hydrogens is 164 g/mol. The van der Waals surface area contributed by atoms with Crippen molar-refractivity contribution in [2.24, 2.45) is 0 Å². The van der Waals surface area contributed by atoms with Gasteiger partial charge in [-0.2, -0.15) is 20.7 Å². The van der Waals surface area contributed by atoms with Crippen LogP contribution in [0.3, 0.4) is 0 Å². The van der Waals surface area contributed by atoms with E-state index in [4.69, 9.17) is 5.26 Å². The van der Waals surface area contributed by atoms with Crippen molar-refractivity contribution in [3.05, 3.63) is 17.5 Å². The van der Waals surface area contributed by atoms with Gasteiger partial charge in [0, 0.05) is 11.5 Å². The van der Waals surface area contributed by atoms with Crippen LogP contribution < -0.4 is 0 Å². The van der Waals surface area contributed by atoms with Crippen LogP contribution in [0.15, 0.2) is 6.08 Å². The zero-order valence-electron chi connectivity index (χ0n) is 8.00. The van der Waals surface area contributed by atoms with Gasteiger partial charge in [0.2, 0.25) is 0 Å². The summed E-state index contributed by atoms with van der Waals surface area (Å²) in [5.74, 6) is 0. The molecule has 0 aliphatic rings. The van der Waals surface area contributed by atoms with Gasteiger partial charge in [0.1, 0.15) is 5.69 Å². The maximum Gasteiger partial charge on any atom is 0.110 e. The number of nitrogens with zero attached hydrogens (tertiary/aromatic N) is 3. The van der Waals surface area contributed by atoms with Crippen molar-refractivity contribution in [3.8, 4) is 6.07 Å². The van der Waals surface area contributed by atoms with Gasteiger partial charge in [0.25, 0.3) is 0 Å². The zero-order valence-corrected chi connectivity index (χ0v) is 8.00. The lowest BCUT2D eigenvalue weighted by Crippen LogP contribution is -2.13. The maximum absolute atomic E-state index is 8.36. The maximum atomic E-state index is 8.36. The highest BCUT2D eigenvalue weighted by molar-refractivity contribution is 5.50. The molecule has 1 N–H and O–H groups in total. The van der Waals surface area contributed by atoms with Crippen LogP contribution in [0.25, 0.3) is 6.08 Å². The highest BCUT2D eigenvalue weighted by Crippen LogP contribution is 2.22. The largest absolute Gasteiger partial charge is 0.197 e. The van der Waals surface area contributed by atoms with Crippen molar-refractivity contribution in [2.45, 2.75) is 26.2 Å². The monoisotopic (exact) mass is 176 g/mol. The van der Waals surface area contributed by atoms with E-state index < -0.39 is 0 Å². The van der Waals surface area contributed by atoms with Gasteiger partial charge in [-0.1, -0.05) is 20.8 Å². The summed E-state index contributed by atoms with van der Waals surface area (Å²) in [4.78, 5) is 0. The van der Waals surface area contributed by atoms with E-state index in [-0.39, 0.29) is 5.41 Å². The Morgan fingerprint density at radius 2 is 2.08 bits per heavy atom. The number of nitriles is 1. The molecule has 0 aromatic carbocycles. The van der Waals surface area contributed by atoms with Gasteiger partial charge in [-0.3, -0.25) is 0 Å². The molecule has 0 radical (unpaired) electrons. The van der Waals surface area contributed by atoms with Crippen molar-refractivity contribution < 1.29 is 0 Å². The fraction of sp³-hybridized carbons (Fsp3) is 0.444. The first-order chi connectivity index (χ1) is 6.05. The molecule has 0 aliphatic carbocycles. The van der Waals surface area contributed by atoms with Crippen LogP contribution in [-0.4, -0.2) is 15.4 Å². The topological polar surface area (TPSA) is 65.4 Å². The number of aromatic nitrogens is 3. The molecule has 1 heterocycles. The highest BCUT2D eigenvalue weighted by Gasteiger charge is 2.20. The SMILES string of the molecule is CC(C)(C)c1n[nH]nc1/C=C/C#N. The average molecular weight is 176 g/mol. The Hall–Kier alpha value is -1.63. The summed E-state index contributed by atoms with van der Waals surface area (Å²) in [6.07, 6.45) is 3.05. The third-order valence-electron chi connectivity index (χ3n) is 1.60. The van der Waals surface area contributed by atoms with Gasteiger partial charge >= 0.3 is 0 Å². The van der Waals surface area contributed by atoms with Crippen molar-refractivity contribution in [1.29, 1.82) is 5.26 Å². The second kappa shape index (κ2) is 3.40. The molecule has 0 bridgehead atoms. The van der Waals surface area contributed by atoms with Crippen LogP contribution in [0.1, 0.15) is 32.2 Å². The van der Waals surface area contributed by atoms with E-state index in [2.05, 4.69) is 36.2 Å². The molecule has 68 valence electrons. The first kappa shape index (κ1) is 9.46. The molecule has 0 saturated heterocycles. The zero-order chi connectivity index (χ0) is 9.90. The lowest BCUT2D eigenvalue weighted by Gasteiger charge is -2.14. The minimum atomic E-state index is -0.0534. The van der Waals surface area contributed by atoms with Crippen LogP contribution in [0.5, 0.6) is 0 Å². The Balaban J connectivity index is 3.05. The minimum Gasteiger partial charge on any atom is -0.197 e. The standard InChI is InChI=1S/C9H12N4/c1-9(2,3)8-7(5-4-6-10)11-13-12-8/h4-5H,1-3H3,(H,11,12,13)/b5-4+. The molecule has 4 heteroatoms. The Morgan fingerprint density at radius 1 is 1.38 bits per heavy atom. The van der Waals surface area contributed by atoms with Crippen LogP contribution in [0.2, 0.25) is 0 Å². The summed E-state index contributed by atoms with van der Waals surface area (Å²) in [6, 6.07) is 1.92. The predicted molar refractivity (Wildman–Crippen MR) is 49.7 cm³/mol. The minimum absolute atomic E-state index is 0.0534. The van der Waals surface area contributed by atoms with Gasteiger partial charge in [-0.05, 0) is 6.08 Å². The number of aromatic amines is 1. The Labute approximate surface area is 77.3 Å². The van der Waals surface area contributed by atoms with Gasteiger partial charge in [0.15, 0.2) is 0 Å². The first-order valence-corrected chi connectivity index (χ1v) is 4.03. The van der Waals surface area contributed by atoms with Gasteiger partial charge in [-0.25, -0.2) is 0 Å². The molecule has 0 saturated carbocycles. The molecule has 0 fully saturated rings. The van der Waals surface area contributed by atoms with E-state index in [0.717, 1.165) is 11.4 Å². The second-order valence-corrected chi connectivity index (χ2v) is 3.77. The quantitative estimate of drug-likeness (QED) is 0.661. The highest BCUT2D eigenvalue weighted by atomic mass is 15.3. The molecule has 0 amide bonds. The number of H-pyrrole nitrogens is 1. The first-order valence-electron chi connectivity index (χ1n) is 4.03. The summed E-state index contributed by atoms with van der Waals surface area (Å²) in [7, 11) is 0. The smallest absolute Gasteiger partial charge is 0.110 e. The molecule has 4 nitrogen and oxygen atoms in total. The molecule has 1 aromatic heterocycles. The number of hydrogen-bond donors (Lipinski definition) is 1. The van der Waals surface area contributed by atoms with Crippen LogP contribution in [-0.2, 0) is 5.41 Å². The van der Waals surface area contributed by atoms with E-state index in [0.29, 0.717) is 0 Å². The molecule has 0 atom stereocenters. The third kappa shape index (κ3) is 2.15. The number of allylic oxidation sites excluding steroid dienone is 1. The normalized spacial score (nSPS) is 11.8. The Bertz CT molecular complexity index is 348. The summed E-state index contributed by atoms with van der Waals surface area (Å²) in [6.45, 7) is 6.15. The number of rotatable bonds is 1. The average Bonchev–Trinajstić information content (AvgIpc) is 2.47. The van der Waals surface area contributed by atoms with E-state index in [1.54, 1.807) is 6.08 Å². The van der Waals surface area contributed by atoms with E-state index in [1.807, 2.05) is 6.07 Å². The summed E-state index contributed by atoms with van der Waals surface area (Å²) >= 11 is 0. The van der Waals surface area contributed by atoms with Gasteiger partial charge < -0.3 is 0 Å². The lowest BCUT2D eigenvalue weighted by atomic mass is 9.91. The molecule has 1 aromatic rings. The van der Waals surface area contributed by atoms with E-state index in [1.165, 1.54) is 6.08 Å². The lowest BCUT2D eigenvalue weighted by molar-refractivity contribution is 0.565.